The van der Waals surface area contributed by atoms with Crippen LogP contribution in [0.15, 0.2) is 29.2 Å². The number of allylic oxidation sites excluding steroid dienone is 1. The van der Waals surface area contributed by atoms with Gasteiger partial charge < -0.3 is 23.9 Å². The number of ether oxygens (including phenoxy) is 3. The van der Waals surface area contributed by atoms with Crippen molar-refractivity contribution in [2.45, 2.75) is 26.3 Å². The van der Waals surface area contributed by atoms with Crippen molar-refractivity contribution in [1.82, 2.24) is 10.3 Å². The van der Waals surface area contributed by atoms with E-state index in [1.165, 1.54) is 0 Å². The zero-order valence-electron chi connectivity index (χ0n) is 15.5. The van der Waals surface area contributed by atoms with Crippen molar-refractivity contribution in [2.24, 2.45) is 0 Å². The summed E-state index contributed by atoms with van der Waals surface area (Å²) in [7, 11) is 4.66. The van der Waals surface area contributed by atoms with Gasteiger partial charge in [-0.2, -0.15) is 0 Å². The summed E-state index contributed by atoms with van der Waals surface area (Å²) in [6.07, 6.45) is 2.73. The summed E-state index contributed by atoms with van der Waals surface area (Å²) in [5.41, 5.74) is 1.45. The molecule has 2 aromatic rings. The van der Waals surface area contributed by atoms with Crippen LogP contribution in [0.2, 0.25) is 0 Å². The molecule has 0 saturated heterocycles. The molecule has 1 aromatic heterocycles. The zero-order chi connectivity index (χ0) is 19.1. The van der Waals surface area contributed by atoms with Crippen molar-refractivity contribution in [3.05, 3.63) is 36.4 Å². The van der Waals surface area contributed by atoms with Gasteiger partial charge in [-0.1, -0.05) is 6.08 Å². The fourth-order valence-corrected chi connectivity index (χ4v) is 2.50. The van der Waals surface area contributed by atoms with Gasteiger partial charge >= 0.3 is 0 Å². The highest BCUT2D eigenvalue weighted by molar-refractivity contribution is 5.76. The largest absolute Gasteiger partial charge is 0.493 e. The summed E-state index contributed by atoms with van der Waals surface area (Å²) in [6.45, 7) is 5.66. The number of oxazole rings is 1. The summed E-state index contributed by atoms with van der Waals surface area (Å²) in [5.74, 6) is 2.49. The molecule has 1 N–H and O–H groups in total. The molecule has 0 saturated carbocycles. The summed E-state index contributed by atoms with van der Waals surface area (Å²) in [4.78, 5) is 16.1. The Morgan fingerprint density at radius 1 is 1.23 bits per heavy atom. The monoisotopic (exact) mass is 360 g/mol. The molecule has 0 radical (unpaired) electrons. The van der Waals surface area contributed by atoms with Crippen LogP contribution in [0.1, 0.15) is 24.4 Å². The van der Waals surface area contributed by atoms with Crippen molar-refractivity contribution in [2.75, 3.05) is 21.3 Å². The van der Waals surface area contributed by atoms with Crippen LogP contribution in [0.25, 0.3) is 11.3 Å². The van der Waals surface area contributed by atoms with Gasteiger partial charge in [0.05, 0.1) is 33.6 Å². The number of aryl methyl sites for hydroxylation is 1. The summed E-state index contributed by atoms with van der Waals surface area (Å²) >= 11 is 0. The maximum Gasteiger partial charge on any atom is 0.220 e. The number of methoxy groups -OCH3 is 3. The minimum Gasteiger partial charge on any atom is -0.493 e. The third-order valence-corrected chi connectivity index (χ3v) is 3.78. The van der Waals surface area contributed by atoms with Crippen molar-refractivity contribution in [3.8, 4) is 28.6 Å². The first kappa shape index (κ1) is 19.4. The number of carbonyl (C=O) groups excluding carboxylic acids is 1. The highest BCUT2D eigenvalue weighted by atomic mass is 16.5. The molecule has 0 bridgehead atoms. The van der Waals surface area contributed by atoms with Crippen LogP contribution in [0.3, 0.4) is 0 Å². The number of rotatable bonds is 9. The van der Waals surface area contributed by atoms with E-state index in [1.54, 1.807) is 39.5 Å². The Morgan fingerprint density at radius 2 is 1.88 bits per heavy atom. The maximum absolute atomic E-state index is 11.7. The number of aromatic nitrogens is 1. The van der Waals surface area contributed by atoms with E-state index in [9.17, 15) is 4.79 Å². The van der Waals surface area contributed by atoms with Gasteiger partial charge in [0.2, 0.25) is 17.5 Å². The quantitative estimate of drug-likeness (QED) is 0.691. The van der Waals surface area contributed by atoms with Crippen molar-refractivity contribution >= 4 is 5.91 Å². The molecule has 26 heavy (non-hydrogen) atoms. The van der Waals surface area contributed by atoms with E-state index in [0.29, 0.717) is 47.4 Å². The zero-order valence-corrected chi connectivity index (χ0v) is 15.5. The van der Waals surface area contributed by atoms with Gasteiger partial charge in [-0.15, -0.1) is 6.58 Å². The smallest absolute Gasteiger partial charge is 0.220 e. The first-order valence-electron chi connectivity index (χ1n) is 8.18. The topological polar surface area (TPSA) is 82.8 Å². The van der Waals surface area contributed by atoms with Gasteiger partial charge in [0, 0.05) is 12.0 Å². The number of hydrogen-bond acceptors (Lipinski definition) is 6. The molecule has 0 aliphatic carbocycles. The van der Waals surface area contributed by atoms with Gasteiger partial charge in [-0.25, -0.2) is 4.98 Å². The van der Waals surface area contributed by atoms with Gasteiger partial charge in [0.1, 0.15) is 0 Å². The number of carbonyl (C=O) groups is 1. The lowest BCUT2D eigenvalue weighted by Gasteiger charge is -2.13. The third-order valence-electron chi connectivity index (χ3n) is 3.78. The van der Waals surface area contributed by atoms with Crippen molar-refractivity contribution in [1.29, 1.82) is 0 Å². The Kier molecular flexibility index (Phi) is 6.66. The number of nitrogens with zero attached hydrogens (tertiary/aromatic N) is 1. The van der Waals surface area contributed by atoms with E-state index in [2.05, 4.69) is 16.9 Å². The predicted octanol–water partition coefficient (Wildman–Crippen LogP) is 3.26. The molecule has 0 aliphatic heterocycles. The standard InChI is InChI=1S/C19H24N2O5/c1-6-7-8-16(22)20-11-17-21-12(2)18(26-17)13-9-14(23-3)19(25-5)15(10-13)24-4/h6,9-10H,1,7-8,11H2,2-5H3,(H,20,22). The van der Waals surface area contributed by atoms with E-state index in [-0.39, 0.29) is 12.5 Å². The lowest BCUT2D eigenvalue weighted by molar-refractivity contribution is -0.121. The minimum atomic E-state index is -0.0740. The molecule has 7 heteroatoms. The fraction of sp³-hybridized carbons (Fsp3) is 0.368. The molecule has 140 valence electrons. The summed E-state index contributed by atoms with van der Waals surface area (Å²) in [6, 6.07) is 3.59. The fourth-order valence-electron chi connectivity index (χ4n) is 2.50. The molecular weight excluding hydrogens is 336 g/mol. The Bertz CT molecular complexity index is 757. The summed E-state index contributed by atoms with van der Waals surface area (Å²) in [5, 5.41) is 2.78. The Balaban J connectivity index is 2.25. The highest BCUT2D eigenvalue weighted by Gasteiger charge is 2.18. The average molecular weight is 360 g/mol. The molecule has 0 unspecified atom stereocenters. The van der Waals surface area contributed by atoms with E-state index < -0.39 is 0 Å². The van der Waals surface area contributed by atoms with Crippen LogP contribution in [-0.2, 0) is 11.3 Å². The first-order chi connectivity index (χ1) is 12.5. The average Bonchev–Trinajstić information content (AvgIpc) is 3.03. The lowest BCUT2D eigenvalue weighted by Crippen LogP contribution is -2.22. The number of hydrogen-bond donors (Lipinski definition) is 1. The number of benzene rings is 1. The molecule has 1 amide bonds. The second-order valence-electron chi connectivity index (χ2n) is 5.54. The molecule has 1 aromatic carbocycles. The van der Waals surface area contributed by atoms with Crippen LogP contribution in [0.4, 0.5) is 0 Å². The third kappa shape index (κ3) is 4.36. The molecule has 0 atom stereocenters. The molecular formula is C19H24N2O5. The number of amides is 1. The Labute approximate surface area is 153 Å². The predicted molar refractivity (Wildman–Crippen MR) is 97.6 cm³/mol. The highest BCUT2D eigenvalue weighted by Crippen LogP contribution is 2.41. The van der Waals surface area contributed by atoms with Gasteiger partial charge in [0.25, 0.3) is 0 Å². The van der Waals surface area contributed by atoms with E-state index >= 15 is 0 Å². The van der Waals surface area contributed by atoms with Crippen LogP contribution in [0.5, 0.6) is 17.2 Å². The Morgan fingerprint density at radius 3 is 2.42 bits per heavy atom. The molecule has 2 rings (SSSR count). The molecule has 7 nitrogen and oxygen atoms in total. The van der Waals surface area contributed by atoms with E-state index in [0.717, 1.165) is 5.56 Å². The second-order valence-corrected chi connectivity index (χ2v) is 5.54. The SMILES string of the molecule is C=CCCC(=O)NCc1nc(C)c(-c2cc(OC)c(OC)c(OC)c2)o1. The second kappa shape index (κ2) is 8.94. The first-order valence-corrected chi connectivity index (χ1v) is 8.18. The van der Waals surface area contributed by atoms with Crippen LogP contribution in [-0.4, -0.2) is 32.2 Å². The van der Waals surface area contributed by atoms with Crippen LogP contribution in [0, 0.1) is 6.92 Å². The van der Waals surface area contributed by atoms with Crippen molar-refractivity contribution in [3.63, 3.8) is 0 Å². The molecule has 0 aliphatic rings. The van der Waals surface area contributed by atoms with Crippen LogP contribution < -0.4 is 19.5 Å². The van der Waals surface area contributed by atoms with Crippen molar-refractivity contribution < 1.29 is 23.4 Å². The Hall–Kier alpha value is -2.96. The molecule has 1 heterocycles. The maximum atomic E-state index is 11.7. The normalized spacial score (nSPS) is 10.3. The molecule has 0 spiro atoms. The minimum absolute atomic E-state index is 0.0740. The van der Waals surface area contributed by atoms with Gasteiger partial charge in [0.15, 0.2) is 17.3 Å². The number of nitrogens with one attached hydrogen (secondary N) is 1. The summed E-state index contributed by atoms with van der Waals surface area (Å²) < 4.78 is 21.9. The lowest BCUT2D eigenvalue weighted by atomic mass is 10.1. The van der Waals surface area contributed by atoms with Gasteiger partial charge in [-0.3, -0.25) is 4.79 Å². The van der Waals surface area contributed by atoms with Gasteiger partial charge in [-0.05, 0) is 25.5 Å². The van der Waals surface area contributed by atoms with Crippen LogP contribution >= 0.6 is 0 Å². The van der Waals surface area contributed by atoms with E-state index in [4.69, 9.17) is 18.6 Å². The van der Waals surface area contributed by atoms with E-state index in [1.807, 2.05) is 6.92 Å². The molecule has 0 fully saturated rings.